The molecule has 0 aromatic heterocycles. The molecule has 0 unspecified atom stereocenters. The summed E-state index contributed by atoms with van der Waals surface area (Å²) >= 11 is 3.42. The number of non-ortho nitro benzene ring substituents is 1. The Kier molecular flexibility index (Phi) is 5.16. The van der Waals surface area contributed by atoms with Crippen LogP contribution in [0.2, 0.25) is 0 Å². The Morgan fingerprint density at radius 1 is 1.40 bits per heavy atom. The summed E-state index contributed by atoms with van der Waals surface area (Å²) in [6.07, 6.45) is 6.55. The summed E-state index contributed by atoms with van der Waals surface area (Å²) in [5.74, 6) is 0. The lowest BCUT2D eigenvalue weighted by atomic mass is 9.83. The van der Waals surface area contributed by atoms with E-state index in [0.717, 1.165) is 23.1 Å². The highest BCUT2D eigenvalue weighted by Gasteiger charge is 2.31. The molecule has 20 heavy (non-hydrogen) atoms. The second kappa shape index (κ2) is 6.68. The van der Waals surface area contributed by atoms with Crippen molar-refractivity contribution in [1.29, 1.82) is 0 Å². The zero-order valence-electron chi connectivity index (χ0n) is 11.8. The summed E-state index contributed by atoms with van der Waals surface area (Å²) < 4.78 is 0.802. The van der Waals surface area contributed by atoms with E-state index in [4.69, 9.17) is 0 Å². The van der Waals surface area contributed by atoms with E-state index in [1.807, 2.05) is 6.07 Å². The average molecular weight is 341 g/mol. The third kappa shape index (κ3) is 3.58. The summed E-state index contributed by atoms with van der Waals surface area (Å²) in [7, 11) is 0. The lowest BCUT2D eigenvalue weighted by Gasteiger charge is -2.28. The van der Waals surface area contributed by atoms with Crippen molar-refractivity contribution in [2.24, 2.45) is 5.41 Å². The molecule has 1 N–H and O–H groups in total. The zero-order chi connectivity index (χ0) is 14.6. The fraction of sp³-hybridized carbons (Fsp3) is 0.600. The topological polar surface area (TPSA) is 55.2 Å². The molecule has 0 atom stereocenters. The Morgan fingerprint density at radius 2 is 2.10 bits per heavy atom. The van der Waals surface area contributed by atoms with Crippen LogP contribution in [0.4, 0.5) is 5.69 Å². The van der Waals surface area contributed by atoms with Gasteiger partial charge < -0.3 is 5.32 Å². The first kappa shape index (κ1) is 15.4. The molecule has 0 saturated heterocycles. The van der Waals surface area contributed by atoms with Gasteiger partial charge in [-0.2, -0.15) is 0 Å². The van der Waals surface area contributed by atoms with Gasteiger partial charge in [-0.15, -0.1) is 0 Å². The van der Waals surface area contributed by atoms with Gasteiger partial charge in [0.05, 0.1) is 4.92 Å². The van der Waals surface area contributed by atoms with Gasteiger partial charge in [0.15, 0.2) is 0 Å². The van der Waals surface area contributed by atoms with Crippen LogP contribution in [-0.2, 0) is 6.54 Å². The maximum absolute atomic E-state index is 10.7. The van der Waals surface area contributed by atoms with Crippen molar-refractivity contribution in [2.75, 3.05) is 6.54 Å². The van der Waals surface area contributed by atoms with E-state index in [9.17, 15) is 10.1 Å². The molecule has 0 bridgehead atoms. The quantitative estimate of drug-likeness (QED) is 0.616. The van der Waals surface area contributed by atoms with Crippen molar-refractivity contribution in [3.05, 3.63) is 38.3 Å². The summed E-state index contributed by atoms with van der Waals surface area (Å²) in [4.78, 5) is 10.3. The molecule has 0 spiro atoms. The second-order valence-corrected chi connectivity index (χ2v) is 6.55. The van der Waals surface area contributed by atoms with Crippen molar-refractivity contribution in [3.63, 3.8) is 0 Å². The van der Waals surface area contributed by atoms with Crippen LogP contribution < -0.4 is 5.32 Å². The number of hydrogen-bond donors (Lipinski definition) is 1. The van der Waals surface area contributed by atoms with Crippen molar-refractivity contribution < 1.29 is 4.92 Å². The largest absolute Gasteiger partial charge is 0.312 e. The van der Waals surface area contributed by atoms with Gasteiger partial charge in [0.25, 0.3) is 5.69 Å². The smallest absolute Gasteiger partial charge is 0.270 e. The van der Waals surface area contributed by atoms with E-state index < -0.39 is 0 Å². The first-order chi connectivity index (χ1) is 9.56. The van der Waals surface area contributed by atoms with E-state index in [1.165, 1.54) is 32.1 Å². The van der Waals surface area contributed by atoms with Crippen molar-refractivity contribution in [3.8, 4) is 0 Å². The van der Waals surface area contributed by atoms with Crippen LogP contribution in [0.5, 0.6) is 0 Å². The highest BCUT2D eigenvalue weighted by Crippen LogP contribution is 2.40. The van der Waals surface area contributed by atoms with Crippen LogP contribution >= 0.6 is 15.9 Å². The number of nitrogens with zero attached hydrogens (tertiary/aromatic N) is 1. The number of rotatable bonds is 6. The molecule has 1 aromatic carbocycles. The van der Waals surface area contributed by atoms with Crippen LogP contribution in [0.1, 0.15) is 44.6 Å². The molecular weight excluding hydrogens is 320 g/mol. The molecule has 0 radical (unpaired) electrons. The summed E-state index contributed by atoms with van der Waals surface area (Å²) in [5.41, 5.74) is 1.66. The first-order valence-corrected chi connectivity index (χ1v) is 7.99. The highest BCUT2D eigenvalue weighted by atomic mass is 79.9. The standard InChI is InChI=1S/C15H21BrN2O2/c1-2-15(7-3-4-8-15)11-17-10-12-5-6-13(18(19)20)9-14(12)16/h5-6,9,17H,2-4,7-8,10-11H2,1H3. The number of nitrogens with one attached hydrogen (secondary N) is 1. The SMILES string of the molecule is CCC1(CNCc2ccc([N+](=O)[O-])cc2Br)CCCC1. The molecule has 1 saturated carbocycles. The predicted octanol–water partition coefficient (Wildman–Crippen LogP) is 4.42. The lowest BCUT2D eigenvalue weighted by molar-refractivity contribution is -0.384. The number of halogens is 1. The van der Waals surface area contributed by atoms with Gasteiger partial charge in [-0.25, -0.2) is 0 Å². The summed E-state index contributed by atoms with van der Waals surface area (Å²) in [6.45, 7) is 4.06. The van der Waals surface area contributed by atoms with Crippen LogP contribution in [0.3, 0.4) is 0 Å². The van der Waals surface area contributed by atoms with Crippen LogP contribution in [0.25, 0.3) is 0 Å². The summed E-state index contributed by atoms with van der Waals surface area (Å²) in [5, 5.41) is 14.2. The van der Waals surface area contributed by atoms with Gasteiger partial charge in [0, 0.05) is 29.7 Å². The second-order valence-electron chi connectivity index (χ2n) is 5.70. The molecule has 4 nitrogen and oxygen atoms in total. The normalized spacial score (nSPS) is 17.3. The van der Waals surface area contributed by atoms with Crippen LogP contribution in [0.15, 0.2) is 22.7 Å². The van der Waals surface area contributed by atoms with Crippen LogP contribution in [0, 0.1) is 15.5 Å². The fourth-order valence-corrected chi connectivity index (χ4v) is 3.54. The molecule has 0 aliphatic heterocycles. The number of nitro groups is 1. The van der Waals surface area contributed by atoms with E-state index in [-0.39, 0.29) is 10.6 Å². The van der Waals surface area contributed by atoms with E-state index in [0.29, 0.717) is 5.41 Å². The monoisotopic (exact) mass is 340 g/mol. The Balaban J connectivity index is 1.92. The maximum Gasteiger partial charge on any atom is 0.270 e. The molecule has 1 aromatic rings. The van der Waals surface area contributed by atoms with E-state index in [1.54, 1.807) is 12.1 Å². The Morgan fingerprint density at radius 3 is 2.65 bits per heavy atom. The zero-order valence-corrected chi connectivity index (χ0v) is 13.4. The molecule has 110 valence electrons. The molecule has 0 amide bonds. The lowest BCUT2D eigenvalue weighted by Crippen LogP contribution is -2.31. The molecule has 1 aliphatic rings. The van der Waals surface area contributed by atoms with Gasteiger partial charge in [-0.1, -0.05) is 35.7 Å². The van der Waals surface area contributed by atoms with Gasteiger partial charge >= 0.3 is 0 Å². The number of hydrogen-bond acceptors (Lipinski definition) is 3. The summed E-state index contributed by atoms with van der Waals surface area (Å²) in [6, 6.07) is 4.96. The van der Waals surface area contributed by atoms with E-state index >= 15 is 0 Å². The molecule has 5 heteroatoms. The Bertz CT molecular complexity index is 485. The Hall–Kier alpha value is -0.940. The van der Waals surface area contributed by atoms with Gasteiger partial charge in [-0.3, -0.25) is 10.1 Å². The third-order valence-corrected chi connectivity index (χ3v) is 5.22. The van der Waals surface area contributed by atoms with Crippen LogP contribution in [-0.4, -0.2) is 11.5 Å². The average Bonchev–Trinajstić information content (AvgIpc) is 2.90. The third-order valence-electron chi connectivity index (χ3n) is 4.48. The predicted molar refractivity (Wildman–Crippen MR) is 83.7 cm³/mol. The highest BCUT2D eigenvalue weighted by molar-refractivity contribution is 9.10. The molecule has 1 fully saturated rings. The van der Waals surface area contributed by atoms with Gasteiger partial charge in [0.2, 0.25) is 0 Å². The fourth-order valence-electron chi connectivity index (χ4n) is 3.04. The molecule has 1 aliphatic carbocycles. The van der Waals surface area contributed by atoms with Crippen molar-refractivity contribution in [2.45, 2.75) is 45.6 Å². The minimum atomic E-state index is -0.368. The number of nitro benzene ring substituents is 1. The van der Waals surface area contributed by atoms with Crippen molar-refractivity contribution >= 4 is 21.6 Å². The van der Waals surface area contributed by atoms with Gasteiger partial charge in [-0.05, 0) is 36.3 Å². The van der Waals surface area contributed by atoms with E-state index in [2.05, 4.69) is 28.2 Å². The first-order valence-electron chi connectivity index (χ1n) is 7.20. The Labute approximate surface area is 128 Å². The molecular formula is C15H21BrN2O2. The maximum atomic E-state index is 10.7. The van der Waals surface area contributed by atoms with Gasteiger partial charge in [0.1, 0.15) is 0 Å². The number of benzene rings is 1. The molecule has 0 heterocycles. The van der Waals surface area contributed by atoms with Crippen molar-refractivity contribution in [1.82, 2.24) is 5.32 Å². The minimum Gasteiger partial charge on any atom is -0.312 e. The molecule has 2 rings (SSSR count). The minimum absolute atomic E-state index is 0.126.